The maximum Gasteiger partial charge on any atom is 0.159 e. The van der Waals surface area contributed by atoms with E-state index in [4.69, 9.17) is 4.74 Å². The highest BCUT2D eigenvalue weighted by atomic mass is 16.5. The molecule has 0 spiro atoms. The molecule has 1 aliphatic rings. The highest BCUT2D eigenvalue weighted by Crippen LogP contribution is 2.18. The largest absolute Gasteiger partial charge is 0.365 e. The molecule has 15 heavy (non-hydrogen) atoms. The summed E-state index contributed by atoms with van der Waals surface area (Å²) in [5.41, 5.74) is -0.0201. The Morgan fingerprint density at radius 1 is 1.60 bits per heavy atom. The van der Waals surface area contributed by atoms with Crippen molar-refractivity contribution >= 4 is 0 Å². The molecular formula is C10H18N4O. The van der Waals surface area contributed by atoms with E-state index in [1.54, 1.807) is 6.33 Å². The number of ether oxygens (including phenoxy) is 1. The fraction of sp³-hybridized carbons (Fsp3) is 0.800. The van der Waals surface area contributed by atoms with Crippen molar-refractivity contribution in [2.45, 2.75) is 39.0 Å². The molecule has 0 saturated carbocycles. The molecule has 0 radical (unpaired) electrons. The first-order valence-electron chi connectivity index (χ1n) is 5.34. The second kappa shape index (κ2) is 3.90. The molecule has 1 saturated heterocycles. The second-order valence-electron chi connectivity index (χ2n) is 4.59. The normalized spacial score (nSPS) is 19.2. The Hall–Kier alpha value is -0.940. The molecule has 0 aromatic carbocycles. The van der Waals surface area contributed by atoms with Gasteiger partial charge >= 0.3 is 0 Å². The van der Waals surface area contributed by atoms with E-state index in [0.29, 0.717) is 12.6 Å². The molecule has 2 rings (SSSR count). The smallest absolute Gasteiger partial charge is 0.159 e. The van der Waals surface area contributed by atoms with Crippen LogP contribution in [0.25, 0.3) is 0 Å². The monoisotopic (exact) mass is 210 g/mol. The molecule has 0 unspecified atom stereocenters. The van der Waals surface area contributed by atoms with Gasteiger partial charge in [-0.15, -0.1) is 10.2 Å². The van der Waals surface area contributed by atoms with E-state index in [0.717, 1.165) is 18.9 Å². The summed E-state index contributed by atoms with van der Waals surface area (Å²) in [7, 11) is 0. The number of nitrogens with one attached hydrogen (secondary N) is 1. The minimum absolute atomic E-state index is 0.0201. The van der Waals surface area contributed by atoms with Crippen molar-refractivity contribution in [2.24, 2.45) is 0 Å². The van der Waals surface area contributed by atoms with Crippen molar-refractivity contribution in [1.29, 1.82) is 0 Å². The van der Waals surface area contributed by atoms with Crippen molar-refractivity contribution in [1.82, 2.24) is 20.1 Å². The molecule has 1 aromatic heterocycles. The van der Waals surface area contributed by atoms with E-state index in [2.05, 4.69) is 36.3 Å². The standard InChI is InChI=1S/C10H18N4O/c1-8(2)14-7-12-13-9(14)4-15-10(3)5-11-6-10/h7-8,11H,4-6H2,1-3H3. The number of rotatable bonds is 4. The Morgan fingerprint density at radius 2 is 2.33 bits per heavy atom. The van der Waals surface area contributed by atoms with E-state index in [1.165, 1.54) is 0 Å². The van der Waals surface area contributed by atoms with Crippen molar-refractivity contribution in [3.05, 3.63) is 12.2 Å². The summed E-state index contributed by atoms with van der Waals surface area (Å²) in [5.74, 6) is 0.901. The number of aromatic nitrogens is 3. The minimum atomic E-state index is -0.0201. The van der Waals surface area contributed by atoms with Crippen molar-refractivity contribution in [3.8, 4) is 0 Å². The molecule has 5 nitrogen and oxygen atoms in total. The Kier molecular flexibility index (Phi) is 2.75. The Morgan fingerprint density at radius 3 is 2.87 bits per heavy atom. The highest BCUT2D eigenvalue weighted by Gasteiger charge is 2.32. The highest BCUT2D eigenvalue weighted by molar-refractivity contribution is 4.92. The topological polar surface area (TPSA) is 52.0 Å². The Labute approximate surface area is 89.8 Å². The van der Waals surface area contributed by atoms with Gasteiger partial charge in [-0.1, -0.05) is 0 Å². The van der Waals surface area contributed by atoms with Crippen LogP contribution in [0.5, 0.6) is 0 Å². The molecule has 1 fully saturated rings. The van der Waals surface area contributed by atoms with Gasteiger partial charge in [-0.2, -0.15) is 0 Å². The van der Waals surface area contributed by atoms with Gasteiger partial charge in [0.1, 0.15) is 12.9 Å². The molecular weight excluding hydrogens is 192 g/mol. The third-order valence-corrected chi connectivity index (χ3v) is 2.75. The van der Waals surface area contributed by atoms with Crippen molar-refractivity contribution in [3.63, 3.8) is 0 Å². The summed E-state index contributed by atoms with van der Waals surface area (Å²) in [4.78, 5) is 0. The lowest BCUT2D eigenvalue weighted by molar-refractivity contribution is -0.0800. The Balaban J connectivity index is 1.95. The van der Waals surface area contributed by atoms with Crippen LogP contribution in [0.2, 0.25) is 0 Å². The zero-order valence-electron chi connectivity index (χ0n) is 9.53. The van der Waals surface area contributed by atoms with E-state index >= 15 is 0 Å². The van der Waals surface area contributed by atoms with Gasteiger partial charge in [0.15, 0.2) is 5.82 Å². The van der Waals surface area contributed by atoms with Gasteiger partial charge in [0.25, 0.3) is 0 Å². The summed E-state index contributed by atoms with van der Waals surface area (Å²) in [6.07, 6.45) is 1.75. The molecule has 1 aliphatic heterocycles. The van der Waals surface area contributed by atoms with Crippen LogP contribution in [0.1, 0.15) is 32.6 Å². The van der Waals surface area contributed by atoms with Crippen molar-refractivity contribution < 1.29 is 4.74 Å². The summed E-state index contributed by atoms with van der Waals surface area (Å²) >= 11 is 0. The third-order valence-electron chi connectivity index (χ3n) is 2.75. The molecule has 1 aromatic rings. The van der Waals surface area contributed by atoms with E-state index in [-0.39, 0.29) is 5.60 Å². The van der Waals surface area contributed by atoms with Gasteiger partial charge in [-0.3, -0.25) is 0 Å². The number of hydrogen-bond acceptors (Lipinski definition) is 4. The lowest BCUT2D eigenvalue weighted by atomic mass is 10.0. The maximum absolute atomic E-state index is 5.81. The van der Waals surface area contributed by atoms with Crippen LogP contribution in [0.4, 0.5) is 0 Å². The van der Waals surface area contributed by atoms with Gasteiger partial charge in [0.2, 0.25) is 0 Å². The average Bonchev–Trinajstić information content (AvgIpc) is 2.59. The van der Waals surface area contributed by atoms with Gasteiger partial charge < -0.3 is 14.6 Å². The predicted octanol–water partition coefficient (Wildman–Crippen LogP) is 0.738. The molecule has 5 heteroatoms. The van der Waals surface area contributed by atoms with Crippen molar-refractivity contribution in [2.75, 3.05) is 13.1 Å². The zero-order chi connectivity index (χ0) is 10.9. The van der Waals surface area contributed by atoms with Crippen LogP contribution < -0.4 is 5.32 Å². The summed E-state index contributed by atoms with van der Waals surface area (Å²) in [6.45, 7) is 8.71. The fourth-order valence-electron chi connectivity index (χ4n) is 1.62. The van der Waals surface area contributed by atoms with Crippen LogP contribution in [-0.4, -0.2) is 33.5 Å². The zero-order valence-corrected chi connectivity index (χ0v) is 9.53. The third kappa shape index (κ3) is 2.18. The van der Waals surface area contributed by atoms with E-state index < -0.39 is 0 Å². The molecule has 84 valence electrons. The SMILES string of the molecule is CC(C)n1cnnc1COC1(C)CNC1. The number of nitrogens with zero attached hydrogens (tertiary/aromatic N) is 3. The first-order chi connectivity index (χ1) is 7.11. The van der Waals surface area contributed by atoms with Gasteiger partial charge in [0.05, 0.1) is 5.60 Å². The summed E-state index contributed by atoms with van der Waals surface area (Å²) < 4.78 is 7.85. The van der Waals surface area contributed by atoms with E-state index in [9.17, 15) is 0 Å². The maximum atomic E-state index is 5.81. The van der Waals surface area contributed by atoms with Crippen LogP contribution in [0.3, 0.4) is 0 Å². The minimum Gasteiger partial charge on any atom is -0.365 e. The van der Waals surface area contributed by atoms with Crippen LogP contribution in [0.15, 0.2) is 6.33 Å². The Bertz CT molecular complexity index is 330. The van der Waals surface area contributed by atoms with Gasteiger partial charge in [-0.05, 0) is 20.8 Å². The number of hydrogen-bond donors (Lipinski definition) is 1. The van der Waals surface area contributed by atoms with E-state index in [1.807, 2.05) is 4.57 Å². The van der Waals surface area contributed by atoms with Crippen LogP contribution in [0, 0.1) is 0 Å². The summed E-state index contributed by atoms with van der Waals surface area (Å²) in [6, 6.07) is 0.380. The van der Waals surface area contributed by atoms with Crippen LogP contribution in [-0.2, 0) is 11.3 Å². The lowest BCUT2D eigenvalue weighted by Crippen LogP contribution is -2.58. The fourth-order valence-corrected chi connectivity index (χ4v) is 1.62. The average molecular weight is 210 g/mol. The molecule has 0 amide bonds. The first-order valence-corrected chi connectivity index (χ1v) is 5.34. The van der Waals surface area contributed by atoms with Crippen LogP contribution >= 0.6 is 0 Å². The van der Waals surface area contributed by atoms with Gasteiger partial charge in [0, 0.05) is 19.1 Å². The molecule has 2 heterocycles. The molecule has 0 aliphatic carbocycles. The molecule has 1 N–H and O–H groups in total. The first kappa shape index (κ1) is 10.6. The predicted molar refractivity (Wildman–Crippen MR) is 56.5 cm³/mol. The molecule has 0 atom stereocenters. The summed E-state index contributed by atoms with van der Waals surface area (Å²) in [5, 5.41) is 11.2. The molecule has 0 bridgehead atoms. The quantitative estimate of drug-likeness (QED) is 0.796. The lowest BCUT2D eigenvalue weighted by Gasteiger charge is -2.38. The van der Waals surface area contributed by atoms with Gasteiger partial charge in [-0.25, -0.2) is 0 Å². The second-order valence-corrected chi connectivity index (χ2v) is 4.59.